The molecule has 1 aromatic carbocycles. The summed E-state index contributed by atoms with van der Waals surface area (Å²) in [5.41, 5.74) is 6.64. The van der Waals surface area contributed by atoms with Crippen molar-refractivity contribution in [2.45, 2.75) is 19.4 Å². The molecular weight excluding hydrogens is 198 g/mol. The quantitative estimate of drug-likeness (QED) is 0.835. The highest BCUT2D eigenvalue weighted by Crippen LogP contribution is 2.21. The molecule has 0 radical (unpaired) electrons. The van der Waals surface area contributed by atoms with Crippen molar-refractivity contribution in [3.8, 4) is 0 Å². The summed E-state index contributed by atoms with van der Waals surface area (Å²) in [6, 6.07) is 7.57. The number of benzene rings is 1. The fourth-order valence-corrected chi connectivity index (χ4v) is 1.43. The van der Waals surface area contributed by atoms with E-state index in [1.54, 1.807) is 0 Å². The van der Waals surface area contributed by atoms with Crippen LogP contribution in [0.15, 0.2) is 24.3 Å². The van der Waals surface area contributed by atoms with Crippen LogP contribution in [0, 0.1) is 0 Å². The Morgan fingerprint density at radius 2 is 2.21 bits per heavy atom. The molecule has 1 atom stereocenters. The average Bonchev–Trinajstić information content (AvgIpc) is 2.15. The van der Waals surface area contributed by atoms with Crippen molar-refractivity contribution in [3.05, 3.63) is 34.9 Å². The Labute approximate surface area is 90.0 Å². The van der Waals surface area contributed by atoms with Gasteiger partial charge in [-0.2, -0.15) is 0 Å². The van der Waals surface area contributed by atoms with Crippen LogP contribution >= 0.6 is 11.6 Å². The predicted octanol–water partition coefficient (Wildman–Crippen LogP) is 2.55. The van der Waals surface area contributed by atoms with E-state index in [2.05, 4.69) is 0 Å². The van der Waals surface area contributed by atoms with Gasteiger partial charge in [-0.25, -0.2) is 0 Å². The molecule has 0 spiro atoms. The molecule has 0 saturated heterocycles. The largest absolute Gasteiger partial charge is 0.379 e. The molecule has 0 aliphatic carbocycles. The maximum atomic E-state index is 6.11. The molecule has 0 saturated carbocycles. The molecule has 14 heavy (non-hydrogen) atoms. The maximum absolute atomic E-state index is 6.11. The van der Waals surface area contributed by atoms with Crippen molar-refractivity contribution in [2.75, 3.05) is 13.2 Å². The van der Waals surface area contributed by atoms with Crippen molar-refractivity contribution >= 4 is 11.6 Å². The summed E-state index contributed by atoms with van der Waals surface area (Å²) in [5, 5.41) is 0.704. The molecule has 1 rings (SSSR count). The van der Waals surface area contributed by atoms with Gasteiger partial charge in [-0.15, -0.1) is 0 Å². The Balaban J connectivity index is 2.80. The zero-order valence-electron chi connectivity index (χ0n) is 8.59. The van der Waals surface area contributed by atoms with Crippen molar-refractivity contribution in [1.82, 2.24) is 0 Å². The van der Waals surface area contributed by atoms with Crippen LogP contribution in [0.2, 0.25) is 5.02 Å². The van der Waals surface area contributed by atoms with Gasteiger partial charge in [0.1, 0.15) is 0 Å². The first-order chi connectivity index (χ1) is 6.56. The molecule has 0 aliphatic rings. The van der Waals surface area contributed by atoms with E-state index in [0.717, 1.165) is 5.56 Å². The SMILES string of the molecule is CCOCC(C)(N)c1cccc(Cl)c1. The molecule has 1 aromatic rings. The number of nitrogens with two attached hydrogens (primary N) is 1. The highest BCUT2D eigenvalue weighted by molar-refractivity contribution is 6.30. The van der Waals surface area contributed by atoms with E-state index in [1.807, 2.05) is 38.1 Å². The van der Waals surface area contributed by atoms with Gasteiger partial charge in [0.25, 0.3) is 0 Å². The number of ether oxygens (including phenoxy) is 1. The van der Waals surface area contributed by atoms with Crippen LogP contribution in [0.1, 0.15) is 19.4 Å². The van der Waals surface area contributed by atoms with E-state index in [-0.39, 0.29) is 0 Å². The molecule has 2 N–H and O–H groups in total. The Morgan fingerprint density at radius 3 is 2.79 bits per heavy atom. The van der Waals surface area contributed by atoms with Crippen molar-refractivity contribution in [1.29, 1.82) is 0 Å². The van der Waals surface area contributed by atoms with Crippen LogP contribution in [0.5, 0.6) is 0 Å². The van der Waals surface area contributed by atoms with Gasteiger partial charge < -0.3 is 10.5 Å². The average molecular weight is 214 g/mol. The molecule has 0 fully saturated rings. The second kappa shape index (κ2) is 4.78. The summed E-state index contributed by atoms with van der Waals surface area (Å²) < 4.78 is 5.32. The third-order valence-electron chi connectivity index (χ3n) is 2.09. The molecule has 3 heteroatoms. The summed E-state index contributed by atoms with van der Waals surface area (Å²) in [6.45, 7) is 5.07. The van der Waals surface area contributed by atoms with Crippen molar-refractivity contribution in [2.24, 2.45) is 5.73 Å². The lowest BCUT2D eigenvalue weighted by Crippen LogP contribution is -2.38. The summed E-state index contributed by atoms with van der Waals surface area (Å²) in [4.78, 5) is 0. The fraction of sp³-hybridized carbons (Fsp3) is 0.455. The molecule has 0 aliphatic heterocycles. The summed E-state index contributed by atoms with van der Waals surface area (Å²) in [5.74, 6) is 0. The molecular formula is C11H16ClNO. The Hall–Kier alpha value is -0.570. The summed E-state index contributed by atoms with van der Waals surface area (Å²) in [6.07, 6.45) is 0. The minimum absolute atomic E-state index is 0.471. The van der Waals surface area contributed by atoms with Gasteiger partial charge in [0.15, 0.2) is 0 Å². The first-order valence-corrected chi connectivity index (χ1v) is 5.06. The van der Waals surface area contributed by atoms with E-state index >= 15 is 0 Å². The molecule has 0 amide bonds. The number of hydrogen-bond donors (Lipinski definition) is 1. The lowest BCUT2D eigenvalue weighted by atomic mass is 9.94. The number of rotatable bonds is 4. The second-order valence-corrected chi connectivity index (χ2v) is 4.00. The lowest BCUT2D eigenvalue weighted by molar-refractivity contribution is 0.101. The number of halogens is 1. The standard InChI is InChI=1S/C11H16ClNO/c1-3-14-8-11(2,13)9-5-4-6-10(12)7-9/h4-7H,3,8,13H2,1-2H3. The smallest absolute Gasteiger partial charge is 0.0685 e. The van der Waals surface area contributed by atoms with E-state index in [1.165, 1.54) is 0 Å². The van der Waals surface area contributed by atoms with Crippen LogP contribution in [-0.2, 0) is 10.3 Å². The first kappa shape index (κ1) is 11.5. The fourth-order valence-electron chi connectivity index (χ4n) is 1.24. The van der Waals surface area contributed by atoms with Gasteiger partial charge in [0.05, 0.1) is 12.1 Å². The van der Waals surface area contributed by atoms with Crippen molar-refractivity contribution < 1.29 is 4.74 Å². The second-order valence-electron chi connectivity index (χ2n) is 3.56. The third kappa shape index (κ3) is 2.98. The van der Waals surface area contributed by atoms with Crippen LogP contribution in [0.4, 0.5) is 0 Å². The van der Waals surface area contributed by atoms with Gasteiger partial charge in [-0.05, 0) is 31.5 Å². The topological polar surface area (TPSA) is 35.2 Å². The molecule has 0 heterocycles. The van der Waals surface area contributed by atoms with Crippen LogP contribution < -0.4 is 5.73 Å². The van der Waals surface area contributed by atoms with Gasteiger partial charge >= 0.3 is 0 Å². The third-order valence-corrected chi connectivity index (χ3v) is 2.33. The zero-order valence-corrected chi connectivity index (χ0v) is 9.34. The van der Waals surface area contributed by atoms with Crippen LogP contribution in [-0.4, -0.2) is 13.2 Å². The molecule has 0 aromatic heterocycles. The van der Waals surface area contributed by atoms with Crippen LogP contribution in [0.3, 0.4) is 0 Å². The van der Waals surface area contributed by atoms with Crippen LogP contribution in [0.25, 0.3) is 0 Å². The Bertz CT molecular complexity index is 299. The first-order valence-electron chi connectivity index (χ1n) is 4.69. The van der Waals surface area contributed by atoms with Gasteiger partial charge in [0, 0.05) is 11.6 Å². The summed E-state index contributed by atoms with van der Waals surface area (Å²) in [7, 11) is 0. The van der Waals surface area contributed by atoms with E-state index in [4.69, 9.17) is 22.1 Å². The van der Waals surface area contributed by atoms with Gasteiger partial charge in [-0.1, -0.05) is 23.7 Å². The lowest BCUT2D eigenvalue weighted by Gasteiger charge is -2.24. The highest BCUT2D eigenvalue weighted by Gasteiger charge is 2.21. The molecule has 2 nitrogen and oxygen atoms in total. The van der Waals surface area contributed by atoms with Gasteiger partial charge in [-0.3, -0.25) is 0 Å². The van der Waals surface area contributed by atoms with Gasteiger partial charge in [0.2, 0.25) is 0 Å². The predicted molar refractivity (Wildman–Crippen MR) is 59.5 cm³/mol. The monoisotopic (exact) mass is 213 g/mol. The summed E-state index contributed by atoms with van der Waals surface area (Å²) >= 11 is 5.89. The normalized spacial score (nSPS) is 15.1. The van der Waals surface area contributed by atoms with E-state index in [0.29, 0.717) is 18.2 Å². The Morgan fingerprint density at radius 1 is 1.50 bits per heavy atom. The minimum atomic E-state index is -0.471. The highest BCUT2D eigenvalue weighted by atomic mass is 35.5. The molecule has 0 bridgehead atoms. The minimum Gasteiger partial charge on any atom is -0.379 e. The Kier molecular flexibility index (Phi) is 3.93. The van der Waals surface area contributed by atoms with Crippen molar-refractivity contribution in [3.63, 3.8) is 0 Å². The zero-order chi connectivity index (χ0) is 10.6. The molecule has 78 valence electrons. The van der Waals surface area contributed by atoms with E-state index < -0.39 is 5.54 Å². The van der Waals surface area contributed by atoms with E-state index in [9.17, 15) is 0 Å². The maximum Gasteiger partial charge on any atom is 0.0685 e. The number of hydrogen-bond acceptors (Lipinski definition) is 2. The molecule has 1 unspecified atom stereocenters.